The number of nitrogens with zero attached hydrogens (tertiary/aromatic N) is 1. The van der Waals surface area contributed by atoms with E-state index in [-0.39, 0.29) is 0 Å². The maximum absolute atomic E-state index is 5.62. The first-order valence-electron chi connectivity index (χ1n) is 5.44. The van der Waals surface area contributed by atoms with Crippen molar-refractivity contribution in [3.63, 3.8) is 0 Å². The minimum atomic E-state index is 0.483. The van der Waals surface area contributed by atoms with Gasteiger partial charge in [-0.2, -0.15) is 0 Å². The third-order valence-corrected chi connectivity index (χ3v) is 3.17. The van der Waals surface area contributed by atoms with Crippen LogP contribution < -0.4 is 5.73 Å². The fourth-order valence-corrected chi connectivity index (χ4v) is 2.04. The number of halogens is 1. The molecule has 0 aliphatic rings. The van der Waals surface area contributed by atoms with E-state index in [4.69, 9.17) is 5.73 Å². The fraction of sp³-hybridized carbons (Fsp3) is 0.308. The zero-order chi connectivity index (χ0) is 11.5. The lowest BCUT2D eigenvalue weighted by atomic mass is 10.0. The van der Waals surface area contributed by atoms with Gasteiger partial charge in [-0.1, -0.05) is 35.0 Å². The molecule has 0 spiro atoms. The number of rotatable bonds is 3. The molecule has 0 aliphatic carbocycles. The van der Waals surface area contributed by atoms with Crippen LogP contribution >= 0.6 is 15.9 Å². The van der Waals surface area contributed by atoms with Gasteiger partial charge in [0.2, 0.25) is 0 Å². The maximum atomic E-state index is 5.62. The summed E-state index contributed by atoms with van der Waals surface area (Å²) < 4.78 is 1.07. The summed E-state index contributed by atoms with van der Waals surface area (Å²) in [6.45, 7) is 2.85. The van der Waals surface area contributed by atoms with Crippen LogP contribution in [0.15, 0.2) is 34.8 Å². The summed E-state index contributed by atoms with van der Waals surface area (Å²) in [4.78, 5) is 4.64. The van der Waals surface area contributed by atoms with Crippen molar-refractivity contribution in [2.45, 2.75) is 13.3 Å². The van der Waals surface area contributed by atoms with E-state index >= 15 is 0 Å². The Balaban J connectivity index is 2.35. The SMILES string of the molecule is CC(CN)Cc1ccc2ccc(Br)cc2n1. The molecule has 1 heterocycles. The van der Waals surface area contributed by atoms with Crippen molar-refractivity contribution in [2.75, 3.05) is 6.54 Å². The van der Waals surface area contributed by atoms with Gasteiger partial charge in [-0.05, 0) is 37.1 Å². The monoisotopic (exact) mass is 278 g/mol. The maximum Gasteiger partial charge on any atom is 0.0716 e. The van der Waals surface area contributed by atoms with Crippen molar-refractivity contribution in [2.24, 2.45) is 11.7 Å². The van der Waals surface area contributed by atoms with E-state index < -0.39 is 0 Å². The fourth-order valence-electron chi connectivity index (χ4n) is 1.69. The van der Waals surface area contributed by atoms with Crippen LogP contribution in [0, 0.1) is 5.92 Å². The van der Waals surface area contributed by atoms with E-state index in [0.717, 1.165) is 22.1 Å². The minimum Gasteiger partial charge on any atom is -0.330 e. The van der Waals surface area contributed by atoms with Gasteiger partial charge >= 0.3 is 0 Å². The van der Waals surface area contributed by atoms with Crippen LogP contribution in [0.1, 0.15) is 12.6 Å². The van der Waals surface area contributed by atoms with Crippen LogP contribution in [-0.4, -0.2) is 11.5 Å². The molecule has 2 N–H and O–H groups in total. The van der Waals surface area contributed by atoms with Gasteiger partial charge in [-0.25, -0.2) is 0 Å². The Morgan fingerprint density at radius 1 is 1.31 bits per heavy atom. The molecule has 0 radical (unpaired) electrons. The summed E-state index contributed by atoms with van der Waals surface area (Å²) in [5, 5.41) is 1.17. The second-order valence-electron chi connectivity index (χ2n) is 4.18. The molecule has 2 nitrogen and oxygen atoms in total. The first kappa shape index (κ1) is 11.6. The Morgan fingerprint density at radius 2 is 2.06 bits per heavy atom. The van der Waals surface area contributed by atoms with Gasteiger partial charge in [-0.3, -0.25) is 4.98 Å². The first-order chi connectivity index (χ1) is 7.69. The van der Waals surface area contributed by atoms with Crippen LogP contribution in [0.25, 0.3) is 10.9 Å². The molecule has 0 aliphatic heterocycles. The number of hydrogen-bond acceptors (Lipinski definition) is 2. The smallest absolute Gasteiger partial charge is 0.0716 e. The molecule has 1 atom stereocenters. The molecule has 84 valence electrons. The van der Waals surface area contributed by atoms with Gasteiger partial charge in [0.05, 0.1) is 5.52 Å². The summed E-state index contributed by atoms with van der Waals surface area (Å²) in [5.41, 5.74) is 7.77. The van der Waals surface area contributed by atoms with Crippen molar-refractivity contribution >= 4 is 26.8 Å². The normalized spacial score (nSPS) is 12.9. The third-order valence-electron chi connectivity index (χ3n) is 2.67. The summed E-state index contributed by atoms with van der Waals surface area (Å²) in [6.07, 6.45) is 0.943. The van der Waals surface area contributed by atoms with E-state index in [9.17, 15) is 0 Å². The van der Waals surface area contributed by atoms with Gasteiger partial charge in [0.1, 0.15) is 0 Å². The summed E-state index contributed by atoms with van der Waals surface area (Å²) >= 11 is 3.46. The predicted octanol–water partition coefficient (Wildman–Crippen LogP) is 3.13. The molecule has 0 bridgehead atoms. The number of hydrogen-bond donors (Lipinski definition) is 1. The number of benzene rings is 1. The average molecular weight is 279 g/mol. The molecule has 0 saturated carbocycles. The number of nitrogens with two attached hydrogens (primary N) is 1. The van der Waals surface area contributed by atoms with Crippen LogP contribution in [-0.2, 0) is 6.42 Å². The van der Waals surface area contributed by atoms with Gasteiger partial charge in [-0.15, -0.1) is 0 Å². The van der Waals surface area contributed by atoms with Crippen LogP contribution in [0.5, 0.6) is 0 Å². The largest absolute Gasteiger partial charge is 0.330 e. The molecule has 1 unspecified atom stereocenters. The lowest BCUT2D eigenvalue weighted by molar-refractivity contribution is 0.585. The molecule has 1 aromatic heterocycles. The number of aromatic nitrogens is 1. The molecule has 3 heteroatoms. The highest BCUT2D eigenvalue weighted by Crippen LogP contribution is 2.19. The summed E-state index contributed by atoms with van der Waals surface area (Å²) in [7, 11) is 0. The van der Waals surface area contributed by atoms with Crippen molar-refractivity contribution in [3.05, 3.63) is 40.5 Å². The van der Waals surface area contributed by atoms with E-state index in [2.05, 4.69) is 46.0 Å². The van der Waals surface area contributed by atoms with Crippen molar-refractivity contribution in [3.8, 4) is 0 Å². The minimum absolute atomic E-state index is 0.483. The Bertz CT molecular complexity index is 496. The van der Waals surface area contributed by atoms with Crippen LogP contribution in [0.2, 0.25) is 0 Å². The van der Waals surface area contributed by atoms with Gasteiger partial charge < -0.3 is 5.73 Å². The molecular formula is C13H15BrN2. The van der Waals surface area contributed by atoms with Gasteiger partial charge in [0.25, 0.3) is 0 Å². The molecule has 2 rings (SSSR count). The van der Waals surface area contributed by atoms with Crippen molar-refractivity contribution in [1.29, 1.82) is 0 Å². The van der Waals surface area contributed by atoms with E-state index in [1.807, 2.05) is 12.1 Å². The van der Waals surface area contributed by atoms with Crippen LogP contribution in [0.4, 0.5) is 0 Å². The zero-order valence-electron chi connectivity index (χ0n) is 9.28. The molecule has 2 aromatic rings. The van der Waals surface area contributed by atoms with Gasteiger partial charge in [0.15, 0.2) is 0 Å². The van der Waals surface area contributed by atoms with Gasteiger partial charge in [0, 0.05) is 15.6 Å². The summed E-state index contributed by atoms with van der Waals surface area (Å²) in [5.74, 6) is 0.483. The Morgan fingerprint density at radius 3 is 2.81 bits per heavy atom. The molecule has 1 aromatic carbocycles. The molecule has 0 amide bonds. The second kappa shape index (κ2) is 4.93. The highest BCUT2D eigenvalue weighted by Gasteiger charge is 2.04. The standard InChI is InChI=1S/C13H15BrN2/c1-9(8-15)6-12-5-3-10-2-4-11(14)7-13(10)16-12/h2-5,7,9H,6,8,15H2,1H3. The zero-order valence-corrected chi connectivity index (χ0v) is 10.9. The van der Waals surface area contributed by atoms with Crippen molar-refractivity contribution in [1.82, 2.24) is 4.98 Å². The number of pyridine rings is 1. The number of fused-ring (bicyclic) bond motifs is 1. The van der Waals surface area contributed by atoms with Crippen molar-refractivity contribution < 1.29 is 0 Å². The highest BCUT2D eigenvalue weighted by atomic mass is 79.9. The van der Waals surface area contributed by atoms with E-state index in [1.54, 1.807) is 0 Å². The Labute approximate surface area is 104 Å². The van der Waals surface area contributed by atoms with E-state index in [1.165, 1.54) is 5.39 Å². The Hall–Kier alpha value is -0.930. The first-order valence-corrected chi connectivity index (χ1v) is 6.23. The lowest BCUT2D eigenvalue weighted by Gasteiger charge is -2.08. The average Bonchev–Trinajstić information content (AvgIpc) is 2.28. The molecule has 16 heavy (non-hydrogen) atoms. The third kappa shape index (κ3) is 2.60. The van der Waals surface area contributed by atoms with Crippen LogP contribution in [0.3, 0.4) is 0 Å². The highest BCUT2D eigenvalue weighted by molar-refractivity contribution is 9.10. The lowest BCUT2D eigenvalue weighted by Crippen LogP contribution is -2.13. The topological polar surface area (TPSA) is 38.9 Å². The quantitative estimate of drug-likeness (QED) is 0.937. The second-order valence-corrected chi connectivity index (χ2v) is 5.10. The molecular weight excluding hydrogens is 264 g/mol. The molecule has 0 saturated heterocycles. The predicted molar refractivity (Wildman–Crippen MR) is 71.4 cm³/mol. The van der Waals surface area contributed by atoms with E-state index in [0.29, 0.717) is 12.5 Å². The Kier molecular flexibility index (Phi) is 3.56. The summed E-state index contributed by atoms with van der Waals surface area (Å²) in [6, 6.07) is 10.4. The molecule has 0 fully saturated rings.